The molecule has 1 aliphatic carbocycles. The van der Waals surface area contributed by atoms with Crippen LogP contribution in [0, 0.1) is 11.8 Å². The second-order valence-electron chi connectivity index (χ2n) is 6.03. The summed E-state index contributed by atoms with van der Waals surface area (Å²) in [5.74, 6) is 1.82. The predicted octanol–water partition coefficient (Wildman–Crippen LogP) is 4.94. The van der Waals surface area contributed by atoms with Gasteiger partial charge in [0.1, 0.15) is 0 Å². The van der Waals surface area contributed by atoms with Gasteiger partial charge < -0.3 is 5.32 Å². The minimum Gasteiger partial charge on any atom is -0.310 e. The zero-order valence-electron chi connectivity index (χ0n) is 12.6. The van der Waals surface area contributed by atoms with Crippen molar-refractivity contribution < 1.29 is 0 Å². The first kappa shape index (κ1) is 14.6. The van der Waals surface area contributed by atoms with Crippen LogP contribution in [-0.4, -0.2) is 6.54 Å². The molecule has 0 saturated heterocycles. The van der Waals surface area contributed by atoms with Crippen molar-refractivity contribution in [3.8, 4) is 0 Å². The smallest absolute Gasteiger partial charge is 0.0348 e. The standard InChI is InChI=1S/C18H29N/c1-3-14-19-18(16-8-6-5-7-9-16)17-12-10-15(4-2)11-13-17/h5-9,15,17-19H,3-4,10-14H2,1-2H3. The molecule has 0 spiro atoms. The lowest BCUT2D eigenvalue weighted by Gasteiger charge is -2.34. The number of rotatable bonds is 6. The molecule has 1 heteroatoms. The summed E-state index contributed by atoms with van der Waals surface area (Å²) in [6.45, 7) is 5.73. The Labute approximate surface area is 118 Å². The van der Waals surface area contributed by atoms with Crippen molar-refractivity contribution in [1.82, 2.24) is 5.32 Å². The molecule has 1 N–H and O–H groups in total. The lowest BCUT2D eigenvalue weighted by atomic mass is 9.76. The van der Waals surface area contributed by atoms with Crippen LogP contribution >= 0.6 is 0 Å². The summed E-state index contributed by atoms with van der Waals surface area (Å²) in [7, 11) is 0. The first-order valence-electron chi connectivity index (χ1n) is 8.13. The molecule has 0 aliphatic heterocycles. The average molecular weight is 259 g/mol. The highest BCUT2D eigenvalue weighted by Gasteiger charge is 2.27. The monoisotopic (exact) mass is 259 g/mol. The Kier molecular flexibility index (Phi) is 5.91. The molecule has 2 rings (SSSR count). The Morgan fingerprint density at radius 3 is 2.32 bits per heavy atom. The Bertz CT molecular complexity index is 338. The van der Waals surface area contributed by atoms with Gasteiger partial charge in [0.25, 0.3) is 0 Å². The van der Waals surface area contributed by atoms with Crippen LogP contribution in [0.15, 0.2) is 30.3 Å². The SMILES string of the molecule is CCCNC(c1ccccc1)C1CCC(CC)CC1. The van der Waals surface area contributed by atoms with Crippen molar-refractivity contribution >= 4 is 0 Å². The third-order valence-corrected chi connectivity index (χ3v) is 4.71. The number of hydrogen-bond donors (Lipinski definition) is 1. The Hall–Kier alpha value is -0.820. The van der Waals surface area contributed by atoms with Crippen molar-refractivity contribution in [3.63, 3.8) is 0 Å². The van der Waals surface area contributed by atoms with Crippen LogP contribution in [0.3, 0.4) is 0 Å². The number of benzene rings is 1. The van der Waals surface area contributed by atoms with Gasteiger partial charge in [0, 0.05) is 6.04 Å². The summed E-state index contributed by atoms with van der Waals surface area (Å²) in [5.41, 5.74) is 1.48. The molecule has 1 aromatic rings. The van der Waals surface area contributed by atoms with Gasteiger partial charge in [-0.15, -0.1) is 0 Å². The summed E-state index contributed by atoms with van der Waals surface area (Å²) in [4.78, 5) is 0. The van der Waals surface area contributed by atoms with Gasteiger partial charge in [0.15, 0.2) is 0 Å². The highest BCUT2D eigenvalue weighted by molar-refractivity contribution is 5.20. The fourth-order valence-corrected chi connectivity index (χ4v) is 3.45. The summed E-state index contributed by atoms with van der Waals surface area (Å²) in [6, 6.07) is 11.6. The van der Waals surface area contributed by atoms with Crippen molar-refractivity contribution in [1.29, 1.82) is 0 Å². The van der Waals surface area contributed by atoms with Crippen molar-refractivity contribution in [2.45, 2.75) is 58.4 Å². The first-order valence-corrected chi connectivity index (χ1v) is 8.13. The summed E-state index contributed by atoms with van der Waals surface area (Å²) >= 11 is 0. The molecule has 1 fully saturated rings. The van der Waals surface area contributed by atoms with Gasteiger partial charge >= 0.3 is 0 Å². The molecule has 1 atom stereocenters. The lowest BCUT2D eigenvalue weighted by molar-refractivity contribution is 0.219. The normalized spacial score (nSPS) is 25.2. The van der Waals surface area contributed by atoms with Crippen LogP contribution in [0.4, 0.5) is 0 Å². The van der Waals surface area contributed by atoms with E-state index in [4.69, 9.17) is 0 Å². The van der Waals surface area contributed by atoms with Crippen molar-refractivity contribution in [3.05, 3.63) is 35.9 Å². The van der Waals surface area contributed by atoms with Gasteiger partial charge in [-0.2, -0.15) is 0 Å². The van der Waals surface area contributed by atoms with E-state index in [9.17, 15) is 0 Å². The van der Waals surface area contributed by atoms with E-state index in [0.717, 1.165) is 18.4 Å². The molecule has 0 amide bonds. The van der Waals surface area contributed by atoms with Crippen LogP contribution in [0.5, 0.6) is 0 Å². The first-order chi connectivity index (χ1) is 9.35. The van der Waals surface area contributed by atoms with E-state index < -0.39 is 0 Å². The maximum absolute atomic E-state index is 3.79. The Morgan fingerprint density at radius 2 is 1.74 bits per heavy atom. The van der Waals surface area contributed by atoms with Crippen LogP contribution in [0.1, 0.15) is 64.0 Å². The van der Waals surface area contributed by atoms with E-state index in [1.54, 1.807) is 0 Å². The van der Waals surface area contributed by atoms with Crippen LogP contribution in [0.25, 0.3) is 0 Å². The highest BCUT2D eigenvalue weighted by atomic mass is 14.9. The summed E-state index contributed by atoms with van der Waals surface area (Å²) in [6.07, 6.45) is 8.24. The second kappa shape index (κ2) is 7.69. The van der Waals surface area contributed by atoms with Crippen molar-refractivity contribution in [2.24, 2.45) is 11.8 Å². The molecule has 0 radical (unpaired) electrons. The molecule has 0 bridgehead atoms. The van der Waals surface area contributed by atoms with Gasteiger partial charge in [-0.3, -0.25) is 0 Å². The van der Waals surface area contributed by atoms with Crippen molar-refractivity contribution in [2.75, 3.05) is 6.54 Å². The van der Waals surface area contributed by atoms with Gasteiger partial charge in [0.2, 0.25) is 0 Å². The van der Waals surface area contributed by atoms with E-state index in [1.807, 2.05) is 0 Å². The topological polar surface area (TPSA) is 12.0 Å². The van der Waals surface area contributed by atoms with E-state index in [1.165, 1.54) is 44.1 Å². The zero-order chi connectivity index (χ0) is 13.5. The molecule has 1 aliphatic rings. The molecule has 1 saturated carbocycles. The lowest BCUT2D eigenvalue weighted by Crippen LogP contribution is -2.31. The maximum Gasteiger partial charge on any atom is 0.0348 e. The summed E-state index contributed by atoms with van der Waals surface area (Å²) in [5, 5.41) is 3.79. The average Bonchev–Trinajstić information content (AvgIpc) is 2.49. The molecular weight excluding hydrogens is 230 g/mol. The predicted molar refractivity (Wildman–Crippen MR) is 83.2 cm³/mol. The van der Waals surface area contributed by atoms with Crippen LogP contribution in [-0.2, 0) is 0 Å². The third kappa shape index (κ3) is 4.07. The molecule has 0 aromatic heterocycles. The fourth-order valence-electron chi connectivity index (χ4n) is 3.45. The zero-order valence-corrected chi connectivity index (χ0v) is 12.6. The summed E-state index contributed by atoms with van der Waals surface area (Å²) < 4.78 is 0. The third-order valence-electron chi connectivity index (χ3n) is 4.71. The Balaban J connectivity index is 2.02. The molecule has 1 nitrogen and oxygen atoms in total. The fraction of sp³-hybridized carbons (Fsp3) is 0.667. The largest absolute Gasteiger partial charge is 0.310 e. The molecular formula is C18H29N. The molecule has 106 valence electrons. The van der Waals surface area contributed by atoms with Crippen LogP contribution in [0.2, 0.25) is 0 Å². The van der Waals surface area contributed by atoms with E-state index in [2.05, 4.69) is 49.5 Å². The van der Waals surface area contributed by atoms with Crippen LogP contribution < -0.4 is 5.32 Å². The quantitative estimate of drug-likeness (QED) is 0.762. The minimum atomic E-state index is 0.568. The second-order valence-corrected chi connectivity index (χ2v) is 6.03. The van der Waals surface area contributed by atoms with Gasteiger partial charge in [-0.25, -0.2) is 0 Å². The minimum absolute atomic E-state index is 0.568. The number of hydrogen-bond acceptors (Lipinski definition) is 1. The highest BCUT2D eigenvalue weighted by Crippen LogP contribution is 2.37. The molecule has 1 aromatic carbocycles. The van der Waals surface area contributed by atoms with Gasteiger partial charge in [-0.05, 0) is 43.2 Å². The molecule has 19 heavy (non-hydrogen) atoms. The van der Waals surface area contributed by atoms with E-state index >= 15 is 0 Å². The Morgan fingerprint density at radius 1 is 1.05 bits per heavy atom. The molecule has 0 heterocycles. The maximum atomic E-state index is 3.79. The molecule has 1 unspecified atom stereocenters. The van der Waals surface area contributed by atoms with Gasteiger partial charge in [0.05, 0.1) is 0 Å². The van der Waals surface area contributed by atoms with E-state index in [-0.39, 0.29) is 0 Å². The number of nitrogens with one attached hydrogen (secondary N) is 1. The van der Waals surface area contributed by atoms with Gasteiger partial charge in [-0.1, -0.05) is 63.4 Å². The van der Waals surface area contributed by atoms with E-state index in [0.29, 0.717) is 6.04 Å².